The van der Waals surface area contributed by atoms with E-state index >= 15 is 0 Å². The number of carbonyl (C=O) groups is 2. The van der Waals surface area contributed by atoms with Crippen molar-refractivity contribution in [3.63, 3.8) is 0 Å². The molecule has 8 bridgehead atoms. The number of nitrogens with zero attached hydrogens (tertiary/aromatic N) is 3. The number of hydrogen-bond acceptors (Lipinski definition) is 7. The van der Waals surface area contributed by atoms with E-state index in [0.717, 1.165) is 96.3 Å². The Kier molecular flexibility index (Phi) is 13.7. The summed E-state index contributed by atoms with van der Waals surface area (Å²) in [5, 5.41) is 21.2. The summed E-state index contributed by atoms with van der Waals surface area (Å²) < 4.78 is 74.0. The van der Waals surface area contributed by atoms with Crippen molar-refractivity contribution in [3.8, 4) is 5.75 Å². The van der Waals surface area contributed by atoms with Crippen LogP contribution in [-0.2, 0) is 25.8 Å². The fourth-order valence-corrected chi connectivity index (χ4v) is 10.5. The van der Waals surface area contributed by atoms with Crippen LogP contribution in [0.1, 0.15) is 69.0 Å². The van der Waals surface area contributed by atoms with Crippen LogP contribution in [0.15, 0.2) is 162 Å². The first-order valence-corrected chi connectivity index (χ1v) is 24.5. The van der Waals surface area contributed by atoms with Gasteiger partial charge in [-0.1, -0.05) is 83.9 Å². The Morgan fingerprint density at radius 1 is 0.635 bits per heavy atom. The third kappa shape index (κ3) is 10.6. The van der Waals surface area contributed by atoms with E-state index in [1.165, 1.54) is 24.3 Å². The molecule has 3 aliphatic heterocycles. The summed E-state index contributed by atoms with van der Waals surface area (Å²) in [5.41, 5.74) is 7.97. The highest BCUT2D eigenvalue weighted by Gasteiger charge is 2.45. The number of para-hydroxylation sites is 1. The summed E-state index contributed by atoms with van der Waals surface area (Å²) in [6.07, 6.45) is 3.18. The van der Waals surface area contributed by atoms with Crippen molar-refractivity contribution in [1.82, 2.24) is 19.9 Å². The normalized spacial score (nSPS) is 13.8. The molecule has 0 saturated heterocycles. The standard InChI is InChI=1S/C24H18F3NO4S.C20H14N4.C14H14O3/c1-14-11-15(2)13-16(12-14)21-17-7-3-6-10-20(17)33(31,32)28(22(21)23(29)30)19-9-5-4-8-18(19)24(25,26)27;1-2-14-10-16-5-6-18(23-16)12-20-8-7-19(24-20)11-17-4-3-15(22-17)9-13(1)21-14;1-9(14(15)16)10-3-4-12-8-13(17-2)6-5-11(12)7-10/h3-13H,1-2H3,(H,29,30);1-12,21,24H;3-9H,1-2H3,(H,15,16)/t;;9-/m..0/s1. The van der Waals surface area contributed by atoms with Gasteiger partial charge < -0.3 is 24.9 Å². The summed E-state index contributed by atoms with van der Waals surface area (Å²) in [7, 11) is -3.05. The first-order chi connectivity index (χ1) is 35.3. The topological polar surface area (TPSA) is 179 Å². The van der Waals surface area contributed by atoms with Crippen molar-refractivity contribution in [3.05, 3.63) is 214 Å². The molecule has 1 atom stereocenters. The van der Waals surface area contributed by atoms with E-state index in [0.29, 0.717) is 9.87 Å². The zero-order valence-electron chi connectivity index (χ0n) is 40.1. The molecule has 0 unspecified atom stereocenters. The van der Waals surface area contributed by atoms with Gasteiger partial charge in [0.1, 0.15) is 5.75 Å². The molecule has 3 aromatic heterocycles. The number of anilines is 1. The number of benzene rings is 5. The minimum Gasteiger partial charge on any atom is -0.497 e. The van der Waals surface area contributed by atoms with E-state index < -0.39 is 51.0 Å². The second kappa shape index (κ2) is 20.2. The maximum Gasteiger partial charge on any atom is 0.418 e. The van der Waals surface area contributed by atoms with Gasteiger partial charge in [-0.15, -0.1) is 0 Å². The number of methoxy groups -OCH3 is 1. The Morgan fingerprint density at radius 3 is 1.65 bits per heavy atom. The lowest BCUT2D eigenvalue weighted by Gasteiger charge is -2.34. The number of aliphatic carboxylic acids is 2. The Morgan fingerprint density at radius 2 is 1.14 bits per heavy atom. The van der Waals surface area contributed by atoms with E-state index in [4.69, 9.17) is 9.84 Å². The van der Waals surface area contributed by atoms with E-state index in [1.807, 2.05) is 91.0 Å². The number of nitrogens with one attached hydrogen (secondary N) is 2. The molecule has 6 heterocycles. The number of carboxylic acid groups (broad SMARTS) is 2. The van der Waals surface area contributed by atoms with Crippen LogP contribution in [0.2, 0.25) is 0 Å². The van der Waals surface area contributed by atoms with Gasteiger partial charge in [0, 0.05) is 33.2 Å². The Labute approximate surface area is 423 Å². The number of halogens is 3. The van der Waals surface area contributed by atoms with Gasteiger partial charge in [-0.25, -0.2) is 27.5 Å². The van der Waals surface area contributed by atoms with Gasteiger partial charge in [0.15, 0.2) is 5.70 Å². The van der Waals surface area contributed by atoms with Crippen molar-refractivity contribution < 1.29 is 46.1 Å². The zero-order valence-corrected chi connectivity index (χ0v) is 41.0. The Hall–Kier alpha value is -9.02. The molecule has 16 heteroatoms. The number of aryl methyl sites for hydroxylation is 2. The van der Waals surface area contributed by atoms with Gasteiger partial charge in [-0.3, -0.25) is 4.79 Å². The van der Waals surface area contributed by atoms with E-state index in [-0.39, 0.29) is 16.0 Å². The highest BCUT2D eigenvalue weighted by Crippen LogP contribution is 2.46. The van der Waals surface area contributed by atoms with Gasteiger partial charge >= 0.3 is 18.1 Å². The fraction of sp³-hybridized carbons (Fsp3) is 0.103. The number of alkyl halides is 3. The highest BCUT2D eigenvalue weighted by molar-refractivity contribution is 7.93. The van der Waals surface area contributed by atoms with E-state index in [2.05, 4.69) is 44.2 Å². The molecule has 0 aliphatic carbocycles. The molecule has 0 amide bonds. The molecule has 11 rings (SSSR count). The molecule has 12 nitrogen and oxygen atoms in total. The minimum atomic E-state index is -4.91. The fourth-order valence-electron chi connectivity index (χ4n) is 8.82. The summed E-state index contributed by atoms with van der Waals surface area (Å²) in [5.74, 6) is -2.16. The van der Waals surface area contributed by atoms with Gasteiger partial charge in [0.2, 0.25) is 0 Å². The SMILES string of the molecule is C1=Cc2cc3ccc(cc4nc(cc5ccc(cc1n2)[nH]5)C=C4)[nH]3.COc1ccc2cc([C@H](C)C(=O)O)ccc2c1.Cc1cc(C)cc(C2=C(C(=O)O)N(c3ccccc3C(F)(F)F)S(=O)(=O)c3ccccc32)c1. The van der Waals surface area contributed by atoms with Crippen LogP contribution in [0.25, 0.3) is 62.7 Å². The number of aromatic nitrogens is 4. The Bertz CT molecular complexity index is 3740. The number of fused-ring (bicyclic) bond motifs is 10. The van der Waals surface area contributed by atoms with Gasteiger partial charge in [-0.2, -0.15) is 13.2 Å². The van der Waals surface area contributed by atoms with Crippen molar-refractivity contribution in [2.45, 2.75) is 37.8 Å². The minimum absolute atomic E-state index is 0.0247. The first-order valence-electron chi connectivity index (χ1n) is 23.1. The second-order valence-corrected chi connectivity index (χ2v) is 19.4. The van der Waals surface area contributed by atoms with E-state index in [9.17, 15) is 36.3 Å². The largest absolute Gasteiger partial charge is 0.497 e. The average Bonchev–Trinajstić information content (AvgIpc) is 4.21. The number of H-pyrrole nitrogens is 2. The molecule has 0 fully saturated rings. The number of sulfonamides is 1. The predicted octanol–water partition coefficient (Wildman–Crippen LogP) is 13.1. The van der Waals surface area contributed by atoms with Crippen LogP contribution in [0.5, 0.6) is 5.75 Å². The third-order valence-electron chi connectivity index (χ3n) is 12.2. The van der Waals surface area contributed by atoms with Crippen molar-refractivity contribution in [2.75, 3.05) is 11.4 Å². The lowest BCUT2D eigenvalue weighted by atomic mass is 9.92. The summed E-state index contributed by atoms with van der Waals surface area (Å²) >= 11 is 0. The molecule has 0 saturated carbocycles. The van der Waals surface area contributed by atoms with Crippen LogP contribution >= 0.6 is 0 Å². The molecule has 8 aromatic rings. The number of carboxylic acids is 2. The molecule has 3 aliphatic rings. The molecule has 372 valence electrons. The van der Waals surface area contributed by atoms with Gasteiger partial charge in [0.05, 0.1) is 51.9 Å². The van der Waals surface area contributed by atoms with Crippen LogP contribution in [0.4, 0.5) is 18.9 Å². The summed E-state index contributed by atoms with van der Waals surface area (Å²) in [4.78, 5) is 39.2. The number of hydrogen-bond donors (Lipinski definition) is 4. The van der Waals surface area contributed by atoms with Gasteiger partial charge in [0.25, 0.3) is 10.0 Å². The van der Waals surface area contributed by atoms with Crippen LogP contribution < -0.4 is 9.04 Å². The molecule has 74 heavy (non-hydrogen) atoms. The summed E-state index contributed by atoms with van der Waals surface area (Å²) in [6.45, 7) is 5.27. The van der Waals surface area contributed by atoms with Crippen LogP contribution in [0, 0.1) is 13.8 Å². The molecule has 0 radical (unpaired) electrons. The van der Waals surface area contributed by atoms with Crippen molar-refractivity contribution in [2.24, 2.45) is 0 Å². The van der Waals surface area contributed by atoms with Crippen LogP contribution in [-0.4, -0.2) is 57.6 Å². The number of ether oxygens (including phenoxy) is 1. The molecular formula is C58H46F3N5O7S. The molecule has 5 aromatic carbocycles. The first kappa shape index (κ1) is 49.9. The molecule has 0 spiro atoms. The number of rotatable bonds is 6. The van der Waals surface area contributed by atoms with Crippen LogP contribution in [0.3, 0.4) is 0 Å². The smallest absolute Gasteiger partial charge is 0.418 e. The summed E-state index contributed by atoms with van der Waals surface area (Å²) in [6, 6.07) is 42.7. The third-order valence-corrected chi connectivity index (χ3v) is 14.0. The number of aromatic amines is 2. The van der Waals surface area contributed by atoms with Gasteiger partial charge in [-0.05, 0) is 146 Å². The Balaban J connectivity index is 0.000000144. The highest BCUT2D eigenvalue weighted by atomic mass is 32.2. The molecular weight excluding hydrogens is 968 g/mol. The van der Waals surface area contributed by atoms with E-state index in [1.54, 1.807) is 46.1 Å². The monoisotopic (exact) mass is 1010 g/mol. The quantitative estimate of drug-likeness (QED) is 0.126. The van der Waals surface area contributed by atoms with Crippen molar-refractivity contribution in [1.29, 1.82) is 0 Å². The molecule has 4 N–H and O–H groups in total. The maximum absolute atomic E-state index is 13.8. The maximum atomic E-state index is 13.8. The zero-order chi connectivity index (χ0) is 52.5. The lowest BCUT2D eigenvalue weighted by molar-refractivity contribution is -0.138. The average molecular weight is 1010 g/mol. The van der Waals surface area contributed by atoms with Crippen molar-refractivity contribution >= 4 is 90.4 Å². The lowest BCUT2D eigenvalue weighted by Crippen LogP contribution is -2.39. The second-order valence-electron chi connectivity index (χ2n) is 17.6. The predicted molar refractivity (Wildman–Crippen MR) is 283 cm³/mol.